The molecule has 0 aliphatic carbocycles. The lowest BCUT2D eigenvalue weighted by molar-refractivity contribution is -0.122. The highest BCUT2D eigenvalue weighted by atomic mass is 16.4. The molecule has 0 radical (unpaired) electrons. The van der Waals surface area contributed by atoms with Crippen LogP contribution in [0.1, 0.15) is 27.2 Å². The van der Waals surface area contributed by atoms with Gasteiger partial charge in [-0.3, -0.25) is 4.79 Å². The number of nitrogens with two attached hydrogens (primary N) is 1. The van der Waals surface area contributed by atoms with Crippen molar-refractivity contribution in [3.05, 3.63) is 0 Å². The quantitative estimate of drug-likeness (QED) is 0.262. The monoisotopic (exact) mass is 201 g/mol. The molecule has 0 rings (SSSR count). The molecular weight excluding hydrogens is 182 g/mol. The van der Waals surface area contributed by atoms with Gasteiger partial charge in [-0.15, -0.1) is 0 Å². The minimum atomic E-state index is -0.577. The summed E-state index contributed by atoms with van der Waals surface area (Å²) in [7, 11) is 0. The van der Waals surface area contributed by atoms with E-state index in [2.05, 4.69) is 24.3 Å². The van der Waals surface area contributed by atoms with Crippen molar-refractivity contribution in [2.24, 2.45) is 22.7 Å². The van der Waals surface area contributed by atoms with E-state index in [0.29, 0.717) is 12.5 Å². The minimum absolute atomic E-state index is 0.0629. The molecule has 1 amide bonds. The SMILES string of the molecule is CC(C)CCNC(=O)C(C)C(N)=NO. The van der Waals surface area contributed by atoms with E-state index in [4.69, 9.17) is 10.9 Å². The Kier molecular flexibility index (Phi) is 5.67. The Labute approximate surface area is 84.4 Å². The maximum absolute atomic E-state index is 11.3. The van der Waals surface area contributed by atoms with Crippen molar-refractivity contribution in [3.63, 3.8) is 0 Å². The average molecular weight is 201 g/mol. The first-order valence-corrected chi connectivity index (χ1v) is 4.74. The number of amides is 1. The van der Waals surface area contributed by atoms with Crippen LogP contribution in [0.25, 0.3) is 0 Å². The maximum Gasteiger partial charge on any atom is 0.230 e. The highest BCUT2D eigenvalue weighted by molar-refractivity contribution is 6.01. The van der Waals surface area contributed by atoms with Gasteiger partial charge in [-0.2, -0.15) is 0 Å². The average Bonchev–Trinajstić information content (AvgIpc) is 2.14. The lowest BCUT2D eigenvalue weighted by Gasteiger charge is -2.11. The molecular formula is C9H19N3O2. The summed E-state index contributed by atoms with van der Waals surface area (Å²) >= 11 is 0. The van der Waals surface area contributed by atoms with Gasteiger partial charge in [-0.1, -0.05) is 19.0 Å². The molecule has 0 saturated heterocycles. The van der Waals surface area contributed by atoms with E-state index in [1.807, 2.05) is 0 Å². The number of carbonyl (C=O) groups is 1. The van der Waals surface area contributed by atoms with Crippen LogP contribution in [0.3, 0.4) is 0 Å². The highest BCUT2D eigenvalue weighted by Crippen LogP contribution is 1.98. The smallest absolute Gasteiger partial charge is 0.230 e. The molecule has 0 aromatic rings. The normalized spacial score (nSPS) is 14.1. The second kappa shape index (κ2) is 6.23. The molecule has 4 N–H and O–H groups in total. The van der Waals surface area contributed by atoms with Gasteiger partial charge in [0.15, 0.2) is 5.84 Å². The standard InChI is InChI=1S/C9H19N3O2/c1-6(2)4-5-11-9(13)7(3)8(10)12-14/h6-7,14H,4-5H2,1-3H3,(H2,10,12)(H,11,13). The van der Waals surface area contributed by atoms with Gasteiger partial charge < -0.3 is 16.3 Å². The molecule has 5 nitrogen and oxygen atoms in total. The van der Waals surface area contributed by atoms with Crippen LogP contribution in [-0.2, 0) is 4.79 Å². The summed E-state index contributed by atoms with van der Waals surface area (Å²) in [6.45, 7) is 6.39. The molecule has 5 heteroatoms. The van der Waals surface area contributed by atoms with E-state index in [1.165, 1.54) is 0 Å². The molecule has 1 atom stereocenters. The zero-order valence-corrected chi connectivity index (χ0v) is 8.95. The van der Waals surface area contributed by atoms with E-state index < -0.39 is 5.92 Å². The Morgan fingerprint density at radius 3 is 2.50 bits per heavy atom. The molecule has 0 heterocycles. The lowest BCUT2D eigenvalue weighted by atomic mass is 10.1. The fourth-order valence-electron chi connectivity index (χ4n) is 0.858. The van der Waals surface area contributed by atoms with Gasteiger partial charge in [0.25, 0.3) is 0 Å². The predicted molar refractivity (Wildman–Crippen MR) is 55.0 cm³/mol. The van der Waals surface area contributed by atoms with E-state index in [0.717, 1.165) is 6.42 Å². The molecule has 14 heavy (non-hydrogen) atoms. The molecule has 82 valence electrons. The molecule has 0 aromatic heterocycles. The maximum atomic E-state index is 11.3. The zero-order chi connectivity index (χ0) is 11.1. The van der Waals surface area contributed by atoms with Crippen molar-refractivity contribution >= 4 is 11.7 Å². The summed E-state index contributed by atoms with van der Waals surface area (Å²) in [6.07, 6.45) is 0.925. The molecule has 0 aromatic carbocycles. The fraction of sp³-hybridized carbons (Fsp3) is 0.778. The Bertz CT molecular complexity index is 214. The number of hydrogen-bond donors (Lipinski definition) is 3. The van der Waals surface area contributed by atoms with E-state index in [9.17, 15) is 4.79 Å². The number of nitrogens with one attached hydrogen (secondary N) is 1. The van der Waals surface area contributed by atoms with Crippen LogP contribution in [0, 0.1) is 11.8 Å². The molecule has 0 fully saturated rings. The summed E-state index contributed by atoms with van der Waals surface area (Å²) in [6, 6.07) is 0. The van der Waals surface area contributed by atoms with E-state index in [1.54, 1.807) is 6.92 Å². The number of carbonyl (C=O) groups excluding carboxylic acids is 1. The fourth-order valence-corrected chi connectivity index (χ4v) is 0.858. The summed E-state index contributed by atoms with van der Waals surface area (Å²) < 4.78 is 0. The van der Waals surface area contributed by atoms with Gasteiger partial charge in [0.05, 0.1) is 5.92 Å². The summed E-state index contributed by atoms with van der Waals surface area (Å²) in [5.41, 5.74) is 5.29. The van der Waals surface area contributed by atoms with E-state index >= 15 is 0 Å². The van der Waals surface area contributed by atoms with Gasteiger partial charge in [-0.05, 0) is 19.3 Å². The first-order valence-electron chi connectivity index (χ1n) is 4.74. The van der Waals surface area contributed by atoms with Crippen molar-refractivity contribution in [2.75, 3.05) is 6.54 Å². The summed E-state index contributed by atoms with van der Waals surface area (Å²) in [5, 5.41) is 13.9. The topological polar surface area (TPSA) is 87.7 Å². The first kappa shape index (κ1) is 12.7. The van der Waals surface area contributed by atoms with Crippen LogP contribution < -0.4 is 11.1 Å². The Morgan fingerprint density at radius 1 is 1.50 bits per heavy atom. The van der Waals surface area contributed by atoms with Crippen molar-refractivity contribution in [1.82, 2.24) is 5.32 Å². The van der Waals surface area contributed by atoms with Crippen LogP contribution in [-0.4, -0.2) is 23.5 Å². The summed E-state index contributed by atoms with van der Waals surface area (Å²) in [5.74, 6) is -0.297. The van der Waals surface area contributed by atoms with Crippen LogP contribution in [0.15, 0.2) is 5.16 Å². The molecule has 1 unspecified atom stereocenters. The Hall–Kier alpha value is -1.26. The van der Waals surface area contributed by atoms with E-state index in [-0.39, 0.29) is 11.7 Å². The third-order valence-corrected chi connectivity index (χ3v) is 1.97. The van der Waals surface area contributed by atoms with Crippen LogP contribution >= 0.6 is 0 Å². The van der Waals surface area contributed by atoms with Crippen LogP contribution in [0.4, 0.5) is 0 Å². The second-order valence-corrected chi connectivity index (χ2v) is 3.72. The second-order valence-electron chi connectivity index (χ2n) is 3.72. The summed E-state index contributed by atoms with van der Waals surface area (Å²) in [4.78, 5) is 11.3. The number of hydrogen-bond acceptors (Lipinski definition) is 3. The Morgan fingerprint density at radius 2 is 2.07 bits per heavy atom. The van der Waals surface area contributed by atoms with Crippen molar-refractivity contribution in [3.8, 4) is 0 Å². The number of rotatable bonds is 5. The predicted octanol–water partition coefficient (Wildman–Crippen LogP) is 0.531. The number of oxime groups is 1. The molecule has 0 spiro atoms. The minimum Gasteiger partial charge on any atom is -0.409 e. The number of nitrogens with zero attached hydrogens (tertiary/aromatic N) is 1. The first-order chi connectivity index (χ1) is 6.49. The van der Waals surface area contributed by atoms with Crippen LogP contribution in [0.2, 0.25) is 0 Å². The lowest BCUT2D eigenvalue weighted by Crippen LogP contribution is -2.37. The van der Waals surface area contributed by atoms with Crippen molar-refractivity contribution in [1.29, 1.82) is 0 Å². The molecule has 0 saturated carbocycles. The van der Waals surface area contributed by atoms with Crippen molar-refractivity contribution in [2.45, 2.75) is 27.2 Å². The third-order valence-electron chi connectivity index (χ3n) is 1.97. The highest BCUT2D eigenvalue weighted by Gasteiger charge is 2.16. The zero-order valence-electron chi connectivity index (χ0n) is 8.95. The van der Waals surface area contributed by atoms with Crippen LogP contribution in [0.5, 0.6) is 0 Å². The Balaban J connectivity index is 3.85. The van der Waals surface area contributed by atoms with Gasteiger partial charge >= 0.3 is 0 Å². The molecule has 0 aliphatic rings. The molecule has 0 bridgehead atoms. The largest absolute Gasteiger partial charge is 0.409 e. The molecule has 0 aliphatic heterocycles. The number of amidine groups is 1. The van der Waals surface area contributed by atoms with Gasteiger partial charge in [0, 0.05) is 6.54 Å². The van der Waals surface area contributed by atoms with Gasteiger partial charge in [0.2, 0.25) is 5.91 Å². The van der Waals surface area contributed by atoms with Crippen molar-refractivity contribution < 1.29 is 10.0 Å². The van der Waals surface area contributed by atoms with Gasteiger partial charge in [-0.25, -0.2) is 0 Å². The van der Waals surface area contributed by atoms with Gasteiger partial charge in [0.1, 0.15) is 0 Å². The third kappa shape index (κ3) is 4.69.